The number of unbranched alkanes of at least 4 members (excludes halogenated alkanes) is 2. The summed E-state index contributed by atoms with van der Waals surface area (Å²) in [5.41, 5.74) is 2.02. The van der Waals surface area contributed by atoms with Crippen LogP contribution in [0.25, 0.3) is 0 Å². The third kappa shape index (κ3) is 12.8. The first kappa shape index (κ1) is 38.9. The second-order valence-corrected chi connectivity index (χ2v) is 11.4. The summed E-state index contributed by atoms with van der Waals surface area (Å²) in [7, 11) is 0. The number of hydrogen-bond acceptors (Lipinski definition) is 11. The Kier molecular flexibility index (Phi) is 15.6. The van der Waals surface area contributed by atoms with Gasteiger partial charge in [0, 0.05) is 18.2 Å². The van der Waals surface area contributed by atoms with Gasteiger partial charge >= 0.3 is 23.9 Å². The van der Waals surface area contributed by atoms with Gasteiger partial charge in [-0.2, -0.15) is 0 Å². The van der Waals surface area contributed by atoms with E-state index in [1.165, 1.54) is 18.2 Å². The van der Waals surface area contributed by atoms with Crippen molar-refractivity contribution in [1.29, 1.82) is 0 Å². The minimum atomic E-state index is -0.592. The molecule has 0 aliphatic rings. The monoisotopic (exact) mass is 688 g/mol. The highest BCUT2D eigenvalue weighted by atomic mass is 16.6. The van der Waals surface area contributed by atoms with Crippen molar-refractivity contribution in [2.75, 3.05) is 26.4 Å². The lowest BCUT2D eigenvalue weighted by Crippen LogP contribution is -2.14. The van der Waals surface area contributed by atoms with Crippen molar-refractivity contribution in [3.63, 3.8) is 0 Å². The van der Waals surface area contributed by atoms with Crippen LogP contribution >= 0.6 is 0 Å². The lowest BCUT2D eigenvalue weighted by Gasteiger charge is -2.16. The van der Waals surface area contributed by atoms with Crippen LogP contribution in [0.3, 0.4) is 0 Å². The van der Waals surface area contributed by atoms with Gasteiger partial charge in [-0.05, 0) is 113 Å². The van der Waals surface area contributed by atoms with E-state index >= 15 is 0 Å². The molecule has 0 spiro atoms. The average molecular weight is 689 g/mol. The largest absolute Gasteiger partial charge is 0.494 e. The standard InChI is InChI=1S/C39H44O11/c1-7-36(40)46-21-11-9-19-44-29-13-16-32(27(5)23-29)38(42)49-31-15-18-34(35(25-31)48-26(3)4)50-39(43)33-17-14-30(24-28(33)6)45-20-10-12-22-47-37(41)8-2/h7-8,13-18,23-26H,1-2,9-12,19-22H2,3-6H3. The number of carbonyl (C=O) groups excluding carboxylic acids is 4. The summed E-state index contributed by atoms with van der Waals surface area (Å²) in [4.78, 5) is 48.5. The summed E-state index contributed by atoms with van der Waals surface area (Å²) >= 11 is 0. The fourth-order valence-corrected chi connectivity index (χ4v) is 4.46. The number of carbonyl (C=O) groups is 4. The third-order valence-electron chi connectivity index (χ3n) is 6.96. The molecule has 0 fully saturated rings. The van der Waals surface area contributed by atoms with Crippen molar-refractivity contribution >= 4 is 23.9 Å². The Morgan fingerprint density at radius 2 is 1.06 bits per heavy atom. The smallest absolute Gasteiger partial charge is 0.343 e. The molecule has 0 atom stereocenters. The van der Waals surface area contributed by atoms with E-state index in [-0.39, 0.29) is 36.6 Å². The van der Waals surface area contributed by atoms with Gasteiger partial charge in [-0.3, -0.25) is 0 Å². The number of rotatable bonds is 20. The third-order valence-corrected chi connectivity index (χ3v) is 6.96. The van der Waals surface area contributed by atoms with Gasteiger partial charge in [-0.15, -0.1) is 0 Å². The normalized spacial score (nSPS) is 10.5. The van der Waals surface area contributed by atoms with Gasteiger partial charge in [-0.1, -0.05) is 13.2 Å². The van der Waals surface area contributed by atoms with E-state index in [4.69, 9.17) is 33.2 Å². The topological polar surface area (TPSA) is 133 Å². The highest BCUT2D eigenvalue weighted by Crippen LogP contribution is 2.34. The van der Waals surface area contributed by atoms with Gasteiger partial charge in [0.05, 0.1) is 43.7 Å². The van der Waals surface area contributed by atoms with Gasteiger partial charge in [0.15, 0.2) is 11.5 Å². The Morgan fingerprint density at radius 3 is 1.52 bits per heavy atom. The number of aryl methyl sites for hydroxylation is 2. The number of esters is 4. The number of ether oxygens (including phenoxy) is 7. The molecule has 0 aliphatic carbocycles. The van der Waals surface area contributed by atoms with Gasteiger partial charge in [-0.25, -0.2) is 19.2 Å². The summed E-state index contributed by atoms with van der Waals surface area (Å²) in [6.07, 6.45) is 4.63. The maximum atomic E-state index is 13.2. The van der Waals surface area contributed by atoms with Crippen molar-refractivity contribution < 1.29 is 52.3 Å². The van der Waals surface area contributed by atoms with Crippen LogP contribution in [0.5, 0.6) is 28.7 Å². The second-order valence-electron chi connectivity index (χ2n) is 11.4. The van der Waals surface area contributed by atoms with Crippen LogP contribution in [-0.2, 0) is 19.1 Å². The minimum Gasteiger partial charge on any atom is -0.494 e. The lowest BCUT2D eigenvalue weighted by atomic mass is 10.1. The Hall–Kier alpha value is -5.58. The number of hydrogen-bond donors (Lipinski definition) is 0. The zero-order valence-electron chi connectivity index (χ0n) is 29.0. The average Bonchev–Trinajstić information content (AvgIpc) is 3.08. The Bertz CT molecular complexity index is 1660. The molecule has 0 aromatic heterocycles. The van der Waals surface area contributed by atoms with Crippen LogP contribution in [0.15, 0.2) is 79.9 Å². The Morgan fingerprint density at radius 1 is 0.600 bits per heavy atom. The van der Waals surface area contributed by atoms with Crippen molar-refractivity contribution in [2.45, 2.75) is 59.5 Å². The maximum absolute atomic E-state index is 13.2. The fourth-order valence-electron chi connectivity index (χ4n) is 4.46. The van der Waals surface area contributed by atoms with E-state index in [0.29, 0.717) is 72.6 Å². The summed E-state index contributed by atoms with van der Waals surface area (Å²) in [6.45, 7) is 15.3. The molecule has 0 aliphatic heterocycles. The molecule has 3 rings (SSSR count). The van der Waals surface area contributed by atoms with Crippen LogP contribution in [0, 0.1) is 13.8 Å². The molecule has 3 aromatic carbocycles. The molecule has 3 aromatic rings. The fraction of sp³-hybridized carbons (Fsp3) is 0.333. The van der Waals surface area contributed by atoms with Crippen LogP contribution in [0.4, 0.5) is 0 Å². The summed E-state index contributed by atoms with van der Waals surface area (Å²) < 4.78 is 38.7. The molecule has 50 heavy (non-hydrogen) atoms. The van der Waals surface area contributed by atoms with Crippen molar-refractivity contribution in [1.82, 2.24) is 0 Å². The predicted molar refractivity (Wildman–Crippen MR) is 186 cm³/mol. The van der Waals surface area contributed by atoms with Gasteiger partial charge in [0.1, 0.15) is 17.2 Å². The van der Waals surface area contributed by atoms with Crippen molar-refractivity contribution in [2.24, 2.45) is 0 Å². The zero-order chi connectivity index (χ0) is 36.5. The molecule has 11 nitrogen and oxygen atoms in total. The van der Waals surface area contributed by atoms with Gasteiger partial charge in [0.2, 0.25) is 0 Å². The first-order valence-corrected chi connectivity index (χ1v) is 16.3. The zero-order valence-corrected chi connectivity index (χ0v) is 29.0. The molecule has 0 radical (unpaired) electrons. The molecule has 0 unspecified atom stereocenters. The predicted octanol–water partition coefficient (Wildman–Crippen LogP) is 7.31. The molecule has 0 amide bonds. The van der Waals surface area contributed by atoms with Gasteiger partial charge < -0.3 is 33.2 Å². The summed E-state index contributed by atoms with van der Waals surface area (Å²) in [6, 6.07) is 14.7. The molecule has 0 saturated carbocycles. The highest BCUT2D eigenvalue weighted by Gasteiger charge is 2.19. The quantitative estimate of drug-likeness (QED) is 0.0512. The van der Waals surface area contributed by atoms with Crippen molar-refractivity contribution in [3.05, 3.63) is 102 Å². The molecule has 11 heteroatoms. The molecule has 0 heterocycles. The molecular formula is C39H44O11. The molecule has 266 valence electrons. The number of benzene rings is 3. The minimum absolute atomic E-state index is 0.164. The van der Waals surface area contributed by atoms with E-state index in [0.717, 1.165) is 12.2 Å². The van der Waals surface area contributed by atoms with E-state index in [1.54, 1.807) is 50.2 Å². The van der Waals surface area contributed by atoms with Gasteiger partial charge in [0.25, 0.3) is 0 Å². The van der Waals surface area contributed by atoms with Crippen LogP contribution < -0.4 is 23.7 Å². The van der Waals surface area contributed by atoms with E-state index in [1.807, 2.05) is 13.8 Å². The first-order valence-electron chi connectivity index (χ1n) is 16.3. The Balaban J connectivity index is 1.58. The molecular weight excluding hydrogens is 644 g/mol. The molecule has 0 saturated heterocycles. The van der Waals surface area contributed by atoms with E-state index in [2.05, 4.69) is 13.2 Å². The summed E-state index contributed by atoms with van der Waals surface area (Å²) in [5, 5.41) is 0. The first-order chi connectivity index (χ1) is 24.0. The highest BCUT2D eigenvalue weighted by molar-refractivity contribution is 5.94. The maximum Gasteiger partial charge on any atom is 0.343 e. The Labute approximate surface area is 292 Å². The van der Waals surface area contributed by atoms with Crippen LogP contribution in [0.1, 0.15) is 71.4 Å². The van der Waals surface area contributed by atoms with Crippen LogP contribution in [0.2, 0.25) is 0 Å². The van der Waals surface area contributed by atoms with Crippen LogP contribution in [-0.4, -0.2) is 56.4 Å². The van der Waals surface area contributed by atoms with E-state index in [9.17, 15) is 19.2 Å². The van der Waals surface area contributed by atoms with E-state index < -0.39 is 23.9 Å². The van der Waals surface area contributed by atoms with Crippen molar-refractivity contribution in [3.8, 4) is 28.7 Å². The summed E-state index contributed by atoms with van der Waals surface area (Å²) in [5.74, 6) is -0.288. The SMILES string of the molecule is C=CC(=O)OCCCCOc1ccc(C(=O)Oc2ccc(OC(=O)c3ccc(OCCCCOC(=O)C=C)cc3C)c(OC(C)C)c2)c(C)c1. The lowest BCUT2D eigenvalue weighted by molar-refractivity contribution is -0.138. The second kappa shape index (κ2) is 20.1. The molecule has 0 bridgehead atoms. The molecule has 0 N–H and O–H groups in total.